The lowest BCUT2D eigenvalue weighted by Crippen LogP contribution is -2.13. The Morgan fingerprint density at radius 1 is 1.14 bits per heavy atom. The first-order chi connectivity index (χ1) is 13.5. The van der Waals surface area contributed by atoms with Gasteiger partial charge in [-0.25, -0.2) is 0 Å². The number of nitriles is 1. The van der Waals surface area contributed by atoms with Gasteiger partial charge in [-0.3, -0.25) is 4.79 Å². The van der Waals surface area contributed by atoms with Crippen molar-refractivity contribution in [2.45, 2.75) is 13.3 Å². The zero-order chi connectivity index (χ0) is 20.1. The van der Waals surface area contributed by atoms with Crippen LogP contribution in [0.4, 0.5) is 5.69 Å². The molecule has 1 aromatic heterocycles. The summed E-state index contributed by atoms with van der Waals surface area (Å²) in [5, 5.41) is 12.9. The van der Waals surface area contributed by atoms with Crippen molar-refractivity contribution in [3.05, 3.63) is 81.5 Å². The SMILES string of the molecule is CCc1ccc(NC(=O)C(C#N)=Cc2ccc(-c3cccc(Cl)c3Cl)o2)cc1. The van der Waals surface area contributed by atoms with E-state index in [1.165, 1.54) is 6.08 Å². The normalized spacial score (nSPS) is 11.1. The highest BCUT2D eigenvalue weighted by Gasteiger charge is 2.13. The van der Waals surface area contributed by atoms with Crippen molar-refractivity contribution in [2.24, 2.45) is 0 Å². The van der Waals surface area contributed by atoms with E-state index in [-0.39, 0.29) is 5.57 Å². The second-order valence-electron chi connectivity index (χ2n) is 5.98. The van der Waals surface area contributed by atoms with Crippen LogP contribution in [-0.4, -0.2) is 5.91 Å². The topological polar surface area (TPSA) is 66.0 Å². The molecule has 0 saturated heterocycles. The van der Waals surface area contributed by atoms with Gasteiger partial charge in [-0.05, 0) is 48.4 Å². The van der Waals surface area contributed by atoms with Gasteiger partial charge in [0.05, 0.1) is 10.0 Å². The molecule has 28 heavy (non-hydrogen) atoms. The third kappa shape index (κ3) is 4.45. The smallest absolute Gasteiger partial charge is 0.266 e. The fraction of sp³-hybridized carbons (Fsp3) is 0.0909. The maximum absolute atomic E-state index is 12.4. The highest BCUT2D eigenvalue weighted by atomic mass is 35.5. The van der Waals surface area contributed by atoms with E-state index in [0.29, 0.717) is 32.8 Å². The molecule has 0 aliphatic heterocycles. The summed E-state index contributed by atoms with van der Waals surface area (Å²) in [6.45, 7) is 2.05. The van der Waals surface area contributed by atoms with Crippen LogP contribution < -0.4 is 5.32 Å². The number of amides is 1. The van der Waals surface area contributed by atoms with E-state index in [1.807, 2.05) is 18.2 Å². The highest BCUT2D eigenvalue weighted by molar-refractivity contribution is 6.43. The number of nitrogens with zero attached hydrogens (tertiary/aromatic N) is 1. The molecule has 0 fully saturated rings. The first-order valence-corrected chi connectivity index (χ1v) is 9.33. The summed E-state index contributed by atoms with van der Waals surface area (Å²) in [6, 6.07) is 18.0. The Morgan fingerprint density at radius 3 is 2.57 bits per heavy atom. The van der Waals surface area contributed by atoms with E-state index >= 15 is 0 Å². The fourth-order valence-corrected chi connectivity index (χ4v) is 2.98. The van der Waals surface area contributed by atoms with Gasteiger partial charge in [0.25, 0.3) is 5.91 Å². The molecule has 4 nitrogen and oxygen atoms in total. The monoisotopic (exact) mass is 410 g/mol. The molecule has 0 bridgehead atoms. The van der Waals surface area contributed by atoms with E-state index in [4.69, 9.17) is 27.6 Å². The number of carbonyl (C=O) groups is 1. The molecule has 2 aromatic carbocycles. The van der Waals surface area contributed by atoms with Gasteiger partial charge in [-0.15, -0.1) is 0 Å². The Balaban J connectivity index is 1.80. The number of benzene rings is 2. The van der Waals surface area contributed by atoms with Crippen molar-refractivity contribution in [3.63, 3.8) is 0 Å². The number of rotatable bonds is 5. The lowest BCUT2D eigenvalue weighted by molar-refractivity contribution is -0.112. The van der Waals surface area contributed by atoms with Crippen LogP contribution in [0.15, 0.2) is 64.6 Å². The van der Waals surface area contributed by atoms with Crippen LogP contribution in [0.2, 0.25) is 10.0 Å². The summed E-state index contributed by atoms with van der Waals surface area (Å²) in [5.41, 5.74) is 2.34. The van der Waals surface area contributed by atoms with Crippen LogP contribution in [0.5, 0.6) is 0 Å². The van der Waals surface area contributed by atoms with E-state index in [0.717, 1.165) is 12.0 Å². The van der Waals surface area contributed by atoms with Crippen molar-refractivity contribution in [1.82, 2.24) is 0 Å². The molecule has 1 amide bonds. The molecule has 0 unspecified atom stereocenters. The molecular weight excluding hydrogens is 395 g/mol. The lowest BCUT2D eigenvalue weighted by Gasteiger charge is -2.05. The van der Waals surface area contributed by atoms with Gasteiger partial charge in [-0.1, -0.05) is 48.3 Å². The summed E-state index contributed by atoms with van der Waals surface area (Å²) in [4.78, 5) is 12.4. The Kier molecular flexibility index (Phi) is 6.20. The van der Waals surface area contributed by atoms with E-state index < -0.39 is 5.91 Å². The first kappa shape index (κ1) is 19.8. The average Bonchev–Trinajstić information content (AvgIpc) is 3.17. The van der Waals surface area contributed by atoms with Crippen molar-refractivity contribution in [2.75, 3.05) is 5.32 Å². The third-order valence-corrected chi connectivity index (χ3v) is 4.93. The minimum absolute atomic E-state index is 0.0716. The van der Waals surface area contributed by atoms with E-state index in [9.17, 15) is 10.1 Å². The minimum Gasteiger partial charge on any atom is -0.457 e. The van der Waals surface area contributed by atoms with Gasteiger partial charge < -0.3 is 9.73 Å². The Hall–Kier alpha value is -3.00. The number of halogens is 2. The van der Waals surface area contributed by atoms with Gasteiger partial charge in [0, 0.05) is 17.3 Å². The van der Waals surface area contributed by atoms with Crippen LogP contribution >= 0.6 is 23.2 Å². The maximum atomic E-state index is 12.4. The van der Waals surface area contributed by atoms with Crippen molar-refractivity contribution < 1.29 is 9.21 Å². The standard InChI is InChI=1S/C22H16Cl2N2O2/c1-2-14-6-8-16(9-7-14)26-22(27)15(13-25)12-17-10-11-20(28-17)18-4-3-5-19(23)21(18)24/h3-12H,2H2,1H3,(H,26,27). The first-order valence-electron chi connectivity index (χ1n) is 8.58. The number of anilines is 1. The molecule has 1 heterocycles. The summed E-state index contributed by atoms with van der Waals surface area (Å²) in [6.07, 6.45) is 2.30. The predicted molar refractivity (Wildman–Crippen MR) is 112 cm³/mol. The van der Waals surface area contributed by atoms with Gasteiger partial charge in [0.2, 0.25) is 0 Å². The van der Waals surface area contributed by atoms with Gasteiger partial charge in [0.1, 0.15) is 23.2 Å². The van der Waals surface area contributed by atoms with Crippen LogP contribution in [0.1, 0.15) is 18.2 Å². The van der Waals surface area contributed by atoms with Crippen LogP contribution in [-0.2, 0) is 11.2 Å². The number of aryl methyl sites for hydroxylation is 1. The third-order valence-electron chi connectivity index (χ3n) is 4.12. The molecule has 0 aliphatic rings. The number of carbonyl (C=O) groups excluding carboxylic acids is 1. The summed E-state index contributed by atoms with van der Waals surface area (Å²) in [7, 11) is 0. The van der Waals surface area contributed by atoms with Crippen molar-refractivity contribution in [3.8, 4) is 17.4 Å². The average molecular weight is 411 g/mol. The van der Waals surface area contributed by atoms with Crippen LogP contribution in [0, 0.1) is 11.3 Å². The zero-order valence-electron chi connectivity index (χ0n) is 15.0. The second-order valence-corrected chi connectivity index (χ2v) is 6.76. The maximum Gasteiger partial charge on any atom is 0.266 e. The number of furan rings is 1. The molecule has 6 heteroatoms. The van der Waals surface area contributed by atoms with Gasteiger partial charge in [-0.2, -0.15) is 5.26 Å². The molecular formula is C22H16Cl2N2O2. The summed E-state index contributed by atoms with van der Waals surface area (Å²) in [5.74, 6) is 0.344. The molecule has 0 aliphatic carbocycles. The largest absolute Gasteiger partial charge is 0.457 e. The zero-order valence-corrected chi connectivity index (χ0v) is 16.5. The fourth-order valence-electron chi connectivity index (χ4n) is 2.58. The number of nitrogens with one attached hydrogen (secondary N) is 1. The molecule has 0 spiro atoms. The molecule has 0 saturated carbocycles. The van der Waals surface area contributed by atoms with Crippen molar-refractivity contribution >= 4 is 40.9 Å². The molecule has 0 atom stereocenters. The van der Waals surface area contributed by atoms with Crippen LogP contribution in [0.25, 0.3) is 17.4 Å². The van der Waals surface area contributed by atoms with Crippen molar-refractivity contribution in [1.29, 1.82) is 5.26 Å². The number of hydrogen-bond donors (Lipinski definition) is 1. The molecule has 1 N–H and O–H groups in total. The van der Waals surface area contributed by atoms with Gasteiger partial charge in [0.15, 0.2) is 0 Å². The van der Waals surface area contributed by atoms with E-state index in [2.05, 4.69) is 12.2 Å². The molecule has 3 aromatic rings. The quantitative estimate of drug-likeness (QED) is 0.392. The van der Waals surface area contributed by atoms with Gasteiger partial charge >= 0.3 is 0 Å². The summed E-state index contributed by atoms with van der Waals surface area (Å²) >= 11 is 12.2. The predicted octanol–water partition coefficient (Wildman–Crippen LogP) is 6.36. The highest BCUT2D eigenvalue weighted by Crippen LogP contribution is 2.34. The Bertz CT molecular complexity index is 1080. The summed E-state index contributed by atoms with van der Waals surface area (Å²) < 4.78 is 5.72. The number of hydrogen-bond acceptors (Lipinski definition) is 3. The minimum atomic E-state index is -0.509. The Morgan fingerprint density at radius 2 is 1.89 bits per heavy atom. The second kappa shape index (κ2) is 8.79. The lowest BCUT2D eigenvalue weighted by atomic mass is 10.1. The molecule has 140 valence electrons. The van der Waals surface area contributed by atoms with E-state index in [1.54, 1.807) is 42.5 Å². The molecule has 0 radical (unpaired) electrons. The molecule has 3 rings (SSSR count). The van der Waals surface area contributed by atoms with Crippen LogP contribution in [0.3, 0.4) is 0 Å². The Labute approximate surface area is 173 Å².